The highest BCUT2D eigenvalue weighted by atomic mass is 35.5. The van der Waals surface area contributed by atoms with E-state index in [-0.39, 0.29) is 12.5 Å². The third kappa shape index (κ3) is 3.61. The van der Waals surface area contributed by atoms with E-state index >= 15 is 0 Å². The minimum absolute atomic E-state index is 0.134. The van der Waals surface area contributed by atoms with Crippen molar-refractivity contribution in [3.8, 4) is 5.75 Å². The van der Waals surface area contributed by atoms with E-state index < -0.39 is 11.9 Å². The average molecular weight is 298 g/mol. The normalized spacial score (nSPS) is 18.6. The fourth-order valence-electron chi connectivity index (χ4n) is 2.02. The molecule has 3 N–H and O–H groups in total. The Kier molecular flexibility index (Phi) is 4.81. The number of nitrogens with one attached hydrogen (secondary N) is 1. The van der Waals surface area contributed by atoms with E-state index in [1.54, 1.807) is 24.3 Å². The van der Waals surface area contributed by atoms with Crippen molar-refractivity contribution in [2.24, 2.45) is 5.73 Å². The summed E-state index contributed by atoms with van der Waals surface area (Å²) in [6.45, 7) is 1.32. The van der Waals surface area contributed by atoms with Gasteiger partial charge in [-0.3, -0.25) is 9.59 Å². The van der Waals surface area contributed by atoms with Gasteiger partial charge in [-0.25, -0.2) is 0 Å². The molecule has 1 fully saturated rings. The second-order valence-electron chi connectivity index (χ2n) is 4.45. The van der Waals surface area contributed by atoms with Gasteiger partial charge in [-0.1, -0.05) is 11.6 Å². The number of hydrogen-bond donors (Lipinski definition) is 2. The van der Waals surface area contributed by atoms with Gasteiger partial charge in [-0.15, -0.1) is 0 Å². The smallest absolute Gasteiger partial charge is 0.261 e. The molecular formula is C13H16ClN3O3. The third-order valence-corrected chi connectivity index (χ3v) is 3.32. The number of hydrogen-bond acceptors (Lipinski definition) is 4. The Morgan fingerprint density at radius 3 is 2.75 bits per heavy atom. The first kappa shape index (κ1) is 14.6. The van der Waals surface area contributed by atoms with E-state index in [1.807, 2.05) is 0 Å². The van der Waals surface area contributed by atoms with Crippen molar-refractivity contribution >= 4 is 23.4 Å². The predicted molar refractivity (Wildman–Crippen MR) is 74.5 cm³/mol. The molecule has 7 heteroatoms. The molecule has 1 aromatic rings. The van der Waals surface area contributed by atoms with Crippen molar-refractivity contribution in [1.82, 2.24) is 10.2 Å². The second-order valence-corrected chi connectivity index (χ2v) is 4.89. The highest BCUT2D eigenvalue weighted by molar-refractivity contribution is 6.30. The fraction of sp³-hybridized carbons (Fsp3) is 0.385. The van der Waals surface area contributed by atoms with Crippen LogP contribution in [0.4, 0.5) is 0 Å². The largest absolute Gasteiger partial charge is 0.484 e. The fourth-order valence-corrected chi connectivity index (χ4v) is 2.14. The number of rotatable bonds is 4. The van der Waals surface area contributed by atoms with Crippen LogP contribution in [0, 0.1) is 0 Å². The highest BCUT2D eigenvalue weighted by Crippen LogP contribution is 2.15. The summed E-state index contributed by atoms with van der Waals surface area (Å²) in [7, 11) is 0. The molecule has 2 rings (SSSR count). The first-order chi connectivity index (χ1) is 9.58. The van der Waals surface area contributed by atoms with E-state index in [0.717, 1.165) is 0 Å². The number of ether oxygens (including phenoxy) is 1. The van der Waals surface area contributed by atoms with E-state index in [2.05, 4.69) is 5.32 Å². The summed E-state index contributed by atoms with van der Waals surface area (Å²) in [5.41, 5.74) is 5.29. The van der Waals surface area contributed by atoms with Crippen LogP contribution in [0.15, 0.2) is 24.3 Å². The molecule has 0 saturated carbocycles. The highest BCUT2D eigenvalue weighted by Gasteiger charge is 2.30. The van der Waals surface area contributed by atoms with E-state index in [1.165, 1.54) is 4.90 Å². The van der Waals surface area contributed by atoms with Crippen LogP contribution < -0.4 is 15.8 Å². The lowest BCUT2D eigenvalue weighted by Crippen LogP contribution is -2.59. The maximum Gasteiger partial charge on any atom is 0.261 e. The molecule has 1 aliphatic rings. The Labute approximate surface area is 121 Å². The Bertz CT molecular complexity index is 492. The molecule has 1 heterocycles. The molecule has 0 spiro atoms. The van der Waals surface area contributed by atoms with Gasteiger partial charge in [0.25, 0.3) is 5.91 Å². The number of nitrogens with two attached hydrogens (primary N) is 1. The van der Waals surface area contributed by atoms with Crippen molar-refractivity contribution in [1.29, 1.82) is 0 Å². The zero-order chi connectivity index (χ0) is 14.5. The van der Waals surface area contributed by atoms with Crippen molar-refractivity contribution < 1.29 is 14.3 Å². The number of primary amides is 1. The van der Waals surface area contributed by atoms with E-state index in [0.29, 0.717) is 30.4 Å². The Hall–Kier alpha value is -1.79. The van der Waals surface area contributed by atoms with Crippen molar-refractivity contribution in [3.63, 3.8) is 0 Å². The number of amides is 2. The maximum atomic E-state index is 12.1. The minimum Gasteiger partial charge on any atom is -0.484 e. The third-order valence-electron chi connectivity index (χ3n) is 3.07. The molecule has 1 atom stereocenters. The standard InChI is InChI=1S/C13H16ClN3O3/c14-9-1-3-10(4-2-9)20-8-12(18)17-6-5-16-7-11(17)13(15)19/h1-4,11,16H,5-8H2,(H2,15,19). The second kappa shape index (κ2) is 6.58. The topological polar surface area (TPSA) is 84.7 Å². The van der Waals surface area contributed by atoms with Gasteiger partial charge in [0.1, 0.15) is 11.8 Å². The quantitative estimate of drug-likeness (QED) is 0.819. The van der Waals surface area contributed by atoms with E-state index in [9.17, 15) is 9.59 Å². The molecular weight excluding hydrogens is 282 g/mol. The maximum absolute atomic E-state index is 12.1. The molecule has 108 valence electrons. The number of carbonyl (C=O) groups is 2. The van der Waals surface area contributed by atoms with Gasteiger partial charge in [-0.05, 0) is 24.3 Å². The molecule has 1 aromatic carbocycles. The van der Waals surface area contributed by atoms with Gasteiger partial charge in [0, 0.05) is 24.7 Å². The Balaban J connectivity index is 1.93. The van der Waals surface area contributed by atoms with Crippen LogP contribution in [-0.4, -0.2) is 49.0 Å². The molecule has 2 amide bonds. The molecule has 1 unspecified atom stereocenters. The zero-order valence-corrected chi connectivity index (χ0v) is 11.6. The van der Waals surface area contributed by atoms with Gasteiger partial charge in [0.15, 0.2) is 6.61 Å². The molecule has 0 bridgehead atoms. The summed E-state index contributed by atoms with van der Waals surface area (Å²) in [5, 5.41) is 3.63. The van der Waals surface area contributed by atoms with Crippen LogP contribution in [0.1, 0.15) is 0 Å². The molecule has 6 nitrogen and oxygen atoms in total. The SMILES string of the molecule is NC(=O)C1CNCCN1C(=O)COc1ccc(Cl)cc1. The molecule has 1 aliphatic heterocycles. The van der Waals surface area contributed by atoms with Crippen LogP contribution in [-0.2, 0) is 9.59 Å². The van der Waals surface area contributed by atoms with Crippen molar-refractivity contribution in [3.05, 3.63) is 29.3 Å². The predicted octanol–water partition coefficient (Wildman–Crippen LogP) is 0.00450. The van der Waals surface area contributed by atoms with E-state index in [4.69, 9.17) is 22.1 Å². The number of benzene rings is 1. The molecule has 0 aliphatic carbocycles. The molecule has 20 heavy (non-hydrogen) atoms. The summed E-state index contributed by atoms with van der Waals surface area (Å²) in [5.74, 6) is -0.226. The van der Waals surface area contributed by atoms with Crippen LogP contribution in [0.5, 0.6) is 5.75 Å². The summed E-state index contributed by atoms with van der Waals surface area (Å²) in [6.07, 6.45) is 0. The molecule has 0 radical (unpaired) electrons. The van der Waals surface area contributed by atoms with Crippen molar-refractivity contribution in [2.75, 3.05) is 26.2 Å². The minimum atomic E-state index is -0.620. The van der Waals surface area contributed by atoms with Crippen LogP contribution in [0.25, 0.3) is 0 Å². The number of nitrogens with zero attached hydrogens (tertiary/aromatic N) is 1. The summed E-state index contributed by atoms with van der Waals surface area (Å²) < 4.78 is 5.38. The lowest BCUT2D eigenvalue weighted by molar-refractivity contribution is -0.141. The number of carbonyl (C=O) groups excluding carboxylic acids is 2. The van der Waals surface area contributed by atoms with Crippen LogP contribution >= 0.6 is 11.6 Å². The summed E-state index contributed by atoms with van der Waals surface area (Å²) in [4.78, 5) is 24.9. The first-order valence-corrected chi connectivity index (χ1v) is 6.63. The Morgan fingerprint density at radius 2 is 2.10 bits per heavy atom. The summed E-state index contributed by atoms with van der Waals surface area (Å²) in [6, 6.07) is 6.10. The lowest BCUT2D eigenvalue weighted by Gasteiger charge is -2.34. The monoisotopic (exact) mass is 297 g/mol. The van der Waals surface area contributed by atoms with Gasteiger partial charge in [0.05, 0.1) is 0 Å². The van der Waals surface area contributed by atoms with Gasteiger partial charge >= 0.3 is 0 Å². The van der Waals surface area contributed by atoms with Crippen molar-refractivity contribution in [2.45, 2.75) is 6.04 Å². The Morgan fingerprint density at radius 1 is 1.40 bits per heavy atom. The zero-order valence-electron chi connectivity index (χ0n) is 10.8. The average Bonchev–Trinajstić information content (AvgIpc) is 2.46. The number of piperazine rings is 1. The van der Waals surface area contributed by atoms with Crippen LogP contribution in [0.3, 0.4) is 0 Å². The molecule has 0 aromatic heterocycles. The lowest BCUT2D eigenvalue weighted by atomic mass is 10.2. The summed E-state index contributed by atoms with van der Waals surface area (Å²) >= 11 is 5.76. The molecule has 1 saturated heterocycles. The van der Waals surface area contributed by atoms with Gasteiger partial charge in [0.2, 0.25) is 5.91 Å². The number of halogens is 1. The van der Waals surface area contributed by atoms with Crippen LogP contribution in [0.2, 0.25) is 5.02 Å². The first-order valence-electron chi connectivity index (χ1n) is 6.26. The van der Waals surface area contributed by atoms with Gasteiger partial charge < -0.3 is 20.7 Å². The van der Waals surface area contributed by atoms with Gasteiger partial charge in [-0.2, -0.15) is 0 Å².